The van der Waals surface area contributed by atoms with Gasteiger partial charge >= 0.3 is 0 Å². The van der Waals surface area contributed by atoms with Crippen molar-refractivity contribution in [3.05, 3.63) is 125 Å². The smallest absolute Gasteiger partial charge is 0.255 e. The van der Waals surface area contributed by atoms with Crippen molar-refractivity contribution in [1.82, 2.24) is 9.62 Å². The van der Waals surface area contributed by atoms with Crippen molar-refractivity contribution in [3.63, 3.8) is 0 Å². The number of hydrogen-bond donors (Lipinski definition) is 1. The highest BCUT2D eigenvalue weighted by Crippen LogP contribution is 2.28. The number of carbonyl (C=O) groups is 1. The summed E-state index contributed by atoms with van der Waals surface area (Å²) in [4.78, 5) is 15.4. The zero-order valence-corrected chi connectivity index (χ0v) is 20.8. The van der Waals surface area contributed by atoms with E-state index in [1.54, 1.807) is 47.4 Å². The van der Waals surface area contributed by atoms with Crippen LogP contribution in [0.2, 0.25) is 5.02 Å². The molecule has 1 amide bonds. The maximum atomic E-state index is 13.4. The second-order valence-corrected chi connectivity index (χ2v) is 10.3. The fraction of sp³-hybridized carbons (Fsp3) is 0.107. The fourth-order valence-electron chi connectivity index (χ4n) is 3.87. The predicted molar refractivity (Wildman–Crippen MR) is 140 cm³/mol. The molecule has 0 heterocycles. The standard InChI is InChI=1S/C28H25ClN2O3S/c1-30-35(33,34)27-14-8-6-11-24(27)23-17-15-22(16-18-23)20-31(19-21-9-3-2-4-10-21)28(32)25-12-5-7-13-26(25)29/h2-18,30H,19-20H2,1H3. The van der Waals surface area contributed by atoms with Crippen molar-refractivity contribution in [2.75, 3.05) is 7.05 Å². The number of rotatable bonds is 8. The maximum Gasteiger partial charge on any atom is 0.255 e. The van der Waals surface area contributed by atoms with E-state index in [1.807, 2.05) is 60.7 Å². The van der Waals surface area contributed by atoms with Gasteiger partial charge in [-0.3, -0.25) is 4.79 Å². The summed E-state index contributed by atoms with van der Waals surface area (Å²) in [5, 5.41) is 0.410. The summed E-state index contributed by atoms with van der Waals surface area (Å²) in [6, 6.07) is 31.3. The molecule has 35 heavy (non-hydrogen) atoms. The molecule has 0 aliphatic carbocycles. The van der Waals surface area contributed by atoms with Gasteiger partial charge in [0.15, 0.2) is 0 Å². The summed E-state index contributed by atoms with van der Waals surface area (Å²) in [6.07, 6.45) is 0. The normalized spacial score (nSPS) is 11.3. The Morgan fingerprint density at radius 2 is 1.34 bits per heavy atom. The molecule has 0 saturated heterocycles. The van der Waals surface area contributed by atoms with Gasteiger partial charge in [0, 0.05) is 18.7 Å². The lowest BCUT2D eigenvalue weighted by Crippen LogP contribution is -2.30. The van der Waals surface area contributed by atoms with Crippen LogP contribution >= 0.6 is 11.6 Å². The maximum absolute atomic E-state index is 13.4. The molecule has 0 aliphatic heterocycles. The summed E-state index contributed by atoms with van der Waals surface area (Å²) in [7, 11) is -2.21. The van der Waals surface area contributed by atoms with E-state index in [9.17, 15) is 13.2 Å². The van der Waals surface area contributed by atoms with Crippen LogP contribution in [0.5, 0.6) is 0 Å². The van der Waals surface area contributed by atoms with Gasteiger partial charge in [-0.25, -0.2) is 13.1 Å². The topological polar surface area (TPSA) is 66.5 Å². The molecule has 5 nitrogen and oxygen atoms in total. The van der Waals surface area contributed by atoms with E-state index in [1.165, 1.54) is 7.05 Å². The Hall–Kier alpha value is -3.45. The average molecular weight is 505 g/mol. The van der Waals surface area contributed by atoms with Gasteiger partial charge < -0.3 is 4.90 Å². The molecule has 0 bridgehead atoms. The number of halogens is 1. The molecule has 4 rings (SSSR count). The zero-order chi connectivity index (χ0) is 24.8. The number of nitrogens with zero attached hydrogens (tertiary/aromatic N) is 1. The quantitative estimate of drug-likeness (QED) is 0.332. The highest BCUT2D eigenvalue weighted by atomic mass is 35.5. The van der Waals surface area contributed by atoms with E-state index >= 15 is 0 Å². The average Bonchev–Trinajstić information content (AvgIpc) is 2.89. The molecule has 0 aliphatic rings. The third-order valence-electron chi connectivity index (χ3n) is 5.69. The summed E-state index contributed by atoms with van der Waals surface area (Å²) >= 11 is 6.32. The van der Waals surface area contributed by atoms with E-state index in [4.69, 9.17) is 11.6 Å². The number of nitrogens with one attached hydrogen (secondary N) is 1. The van der Waals surface area contributed by atoms with Crippen LogP contribution < -0.4 is 4.72 Å². The summed E-state index contributed by atoms with van der Waals surface area (Å²) in [5.74, 6) is -0.158. The molecule has 0 spiro atoms. The van der Waals surface area contributed by atoms with Gasteiger partial charge in [-0.1, -0.05) is 96.5 Å². The third-order valence-corrected chi connectivity index (χ3v) is 7.49. The van der Waals surface area contributed by atoms with Gasteiger partial charge in [0.05, 0.1) is 15.5 Å². The largest absolute Gasteiger partial charge is 0.330 e. The van der Waals surface area contributed by atoms with Gasteiger partial charge in [0.2, 0.25) is 10.0 Å². The first-order valence-corrected chi connectivity index (χ1v) is 12.9. The highest BCUT2D eigenvalue weighted by Gasteiger charge is 2.20. The SMILES string of the molecule is CNS(=O)(=O)c1ccccc1-c1ccc(CN(Cc2ccccc2)C(=O)c2ccccc2Cl)cc1. The molecule has 0 unspecified atom stereocenters. The molecule has 0 radical (unpaired) electrons. The Morgan fingerprint density at radius 1 is 0.771 bits per heavy atom. The van der Waals surface area contributed by atoms with Crippen LogP contribution in [0.4, 0.5) is 0 Å². The molecular formula is C28H25ClN2O3S. The second kappa shape index (κ2) is 10.9. The van der Waals surface area contributed by atoms with Crippen LogP contribution in [-0.2, 0) is 23.1 Å². The van der Waals surface area contributed by atoms with Gasteiger partial charge in [-0.05, 0) is 41.9 Å². The molecule has 178 valence electrons. The van der Waals surface area contributed by atoms with Crippen molar-refractivity contribution in [1.29, 1.82) is 0 Å². The van der Waals surface area contributed by atoms with Gasteiger partial charge in [-0.2, -0.15) is 0 Å². The zero-order valence-electron chi connectivity index (χ0n) is 19.2. The molecule has 0 aromatic heterocycles. The van der Waals surface area contributed by atoms with Crippen LogP contribution in [-0.4, -0.2) is 26.3 Å². The van der Waals surface area contributed by atoms with Gasteiger partial charge in [-0.15, -0.1) is 0 Å². The first-order valence-electron chi connectivity index (χ1n) is 11.1. The van der Waals surface area contributed by atoms with E-state index in [2.05, 4.69) is 4.72 Å². The van der Waals surface area contributed by atoms with Crippen LogP contribution in [0.15, 0.2) is 108 Å². The van der Waals surface area contributed by atoms with Gasteiger partial charge in [0.25, 0.3) is 5.91 Å². The van der Waals surface area contributed by atoms with Crippen LogP contribution in [0.1, 0.15) is 21.5 Å². The number of sulfonamides is 1. The molecule has 0 fully saturated rings. The first-order chi connectivity index (χ1) is 16.9. The third kappa shape index (κ3) is 5.80. The Balaban J connectivity index is 1.63. The van der Waals surface area contributed by atoms with E-state index in [-0.39, 0.29) is 10.8 Å². The Morgan fingerprint density at radius 3 is 2.00 bits per heavy atom. The minimum absolute atomic E-state index is 0.158. The Labute approximate surface area is 211 Å². The van der Waals surface area contributed by atoms with E-state index in [0.717, 1.165) is 16.7 Å². The lowest BCUT2D eigenvalue weighted by atomic mass is 10.0. The lowest BCUT2D eigenvalue weighted by molar-refractivity contribution is 0.0730. The van der Waals surface area contributed by atoms with E-state index in [0.29, 0.717) is 29.2 Å². The fourth-order valence-corrected chi connectivity index (χ4v) is 5.04. The lowest BCUT2D eigenvalue weighted by Gasteiger charge is -2.24. The number of hydrogen-bond acceptors (Lipinski definition) is 3. The molecule has 1 N–H and O–H groups in total. The summed E-state index contributed by atoms with van der Waals surface area (Å²) in [5.41, 5.74) is 3.76. The van der Waals surface area contributed by atoms with E-state index < -0.39 is 10.0 Å². The minimum atomic E-state index is -3.60. The van der Waals surface area contributed by atoms with Crippen molar-refractivity contribution in [2.45, 2.75) is 18.0 Å². The van der Waals surface area contributed by atoms with Crippen molar-refractivity contribution < 1.29 is 13.2 Å². The summed E-state index contributed by atoms with van der Waals surface area (Å²) < 4.78 is 27.3. The number of carbonyl (C=O) groups excluding carboxylic acids is 1. The van der Waals surface area contributed by atoms with Crippen molar-refractivity contribution in [3.8, 4) is 11.1 Å². The Bertz CT molecular complexity index is 1420. The second-order valence-electron chi connectivity index (χ2n) is 8.03. The first kappa shape index (κ1) is 24.7. The van der Waals surface area contributed by atoms with Crippen LogP contribution in [0, 0.1) is 0 Å². The van der Waals surface area contributed by atoms with Crippen molar-refractivity contribution >= 4 is 27.5 Å². The minimum Gasteiger partial charge on any atom is -0.330 e. The van der Waals surface area contributed by atoms with Crippen molar-refractivity contribution in [2.24, 2.45) is 0 Å². The number of benzene rings is 4. The number of amides is 1. The molecule has 7 heteroatoms. The molecule has 0 saturated carbocycles. The molecule has 4 aromatic carbocycles. The van der Waals surface area contributed by atoms with Gasteiger partial charge in [0.1, 0.15) is 0 Å². The van der Waals surface area contributed by atoms with Crippen LogP contribution in [0.25, 0.3) is 11.1 Å². The summed E-state index contributed by atoms with van der Waals surface area (Å²) in [6.45, 7) is 0.797. The monoisotopic (exact) mass is 504 g/mol. The molecule has 0 atom stereocenters. The Kier molecular flexibility index (Phi) is 7.66. The highest BCUT2D eigenvalue weighted by molar-refractivity contribution is 7.89. The molecule has 4 aromatic rings. The predicted octanol–water partition coefficient (Wildman–Crippen LogP) is 5.76. The van der Waals surface area contributed by atoms with Crippen LogP contribution in [0.3, 0.4) is 0 Å². The molecular weight excluding hydrogens is 480 g/mol.